The van der Waals surface area contributed by atoms with Crippen molar-refractivity contribution in [2.45, 2.75) is 56.7 Å². The number of rotatable bonds is 6. The molecule has 1 saturated carbocycles. The van der Waals surface area contributed by atoms with Gasteiger partial charge in [0, 0.05) is 12.8 Å². The first-order valence-corrected chi connectivity index (χ1v) is 10.4. The Bertz CT molecular complexity index is 813. The van der Waals surface area contributed by atoms with E-state index < -0.39 is 11.7 Å². The molecule has 165 valence electrons. The van der Waals surface area contributed by atoms with Crippen LogP contribution in [0.25, 0.3) is 6.08 Å². The molecule has 2 aliphatic rings. The molecule has 3 rings (SSSR count). The number of likely N-dealkylation sites (tertiary alicyclic amines) is 1. The average Bonchev–Trinajstić information content (AvgIpc) is 3.11. The van der Waals surface area contributed by atoms with Crippen LogP contribution in [0.2, 0.25) is 0 Å². The van der Waals surface area contributed by atoms with Gasteiger partial charge in [-0.25, -0.2) is 17.9 Å². The van der Waals surface area contributed by atoms with Gasteiger partial charge in [0.2, 0.25) is 0 Å². The number of aromatic nitrogens is 1. The maximum Gasteiger partial charge on any atom is 2.00 e. The van der Waals surface area contributed by atoms with Crippen molar-refractivity contribution in [1.29, 1.82) is 5.26 Å². The summed E-state index contributed by atoms with van der Waals surface area (Å²) in [7, 11) is 0. The number of pyridine rings is 1. The average molecular weight is 462 g/mol. The molecule has 1 aromatic rings. The van der Waals surface area contributed by atoms with Gasteiger partial charge in [-0.3, -0.25) is 4.98 Å². The zero-order valence-electron chi connectivity index (χ0n) is 17.9. The van der Waals surface area contributed by atoms with Gasteiger partial charge < -0.3 is 9.69 Å². The Kier molecular flexibility index (Phi) is 11.3. The summed E-state index contributed by atoms with van der Waals surface area (Å²) in [5.74, 6) is 0.674. The van der Waals surface area contributed by atoms with E-state index in [4.69, 9.17) is 5.26 Å². The smallest absolute Gasteiger partial charge is 0.387 e. The van der Waals surface area contributed by atoms with Crippen molar-refractivity contribution in [3.63, 3.8) is 0 Å². The normalized spacial score (nSPS) is 23.2. The predicted octanol–water partition coefficient (Wildman–Crippen LogP) is 5.35. The largest absolute Gasteiger partial charge is 2.00 e. The SMILES string of the molecule is C=CCC1(F)C[C@@H](C#N)N(C(=C)[CH2-])C1.O=[C-]c1ccncc1/C=C/C1CCCCC1.[Mn+2]. The van der Waals surface area contributed by atoms with Crippen LogP contribution in [0.3, 0.4) is 0 Å². The van der Waals surface area contributed by atoms with Gasteiger partial charge in [0.25, 0.3) is 0 Å². The molecule has 6 heteroatoms. The van der Waals surface area contributed by atoms with Crippen LogP contribution in [0.15, 0.2) is 49.5 Å². The van der Waals surface area contributed by atoms with Gasteiger partial charge in [-0.05, 0) is 31.2 Å². The molecule has 1 saturated heterocycles. The van der Waals surface area contributed by atoms with Crippen LogP contribution in [0.5, 0.6) is 0 Å². The van der Waals surface area contributed by atoms with Crippen molar-refractivity contribution in [1.82, 2.24) is 9.88 Å². The maximum atomic E-state index is 14.0. The monoisotopic (exact) mass is 462 g/mol. The Labute approximate surface area is 196 Å². The van der Waals surface area contributed by atoms with Crippen molar-refractivity contribution >= 4 is 12.4 Å². The molecule has 2 atom stereocenters. The standard InChI is InChI=1S/C14H16NO.C11H14FN2.Mn/c16-11-14-8-9-15-10-13(14)7-6-12-4-2-1-3-5-12;1-4-5-11(12)6-10(7-13)14(8-11)9(2)3;/h6-10,12H,1-5H2;4,10H,1-3,5-6,8H2;/q2*-1;+2/b7-6+;;/t;10-,11?;/m.0./s1. The van der Waals surface area contributed by atoms with Gasteiger partial charge in [0.15, 0.2) is 0 Å². The Morgan fingerprint density at radius 2 is 2.16 bits per heavy atom. The number of hydrogen-bond acceptors (Lipinski definition) is 4. The maximum absolute atomic E-state index is 14.0. The van der Waals surface area contributed by atoms with E-state index >= 15 is 0 Å². The zero-order valence-corrected chi connectivity index (χ0v) is 19.1. The number of alkyl halides is 1. The summed E-state index contributed by atoms with van der Waals surface area (Å²) in [6, 6.07) is 3.32. The van der Waals surface area contributed by atoms with Crippen LogP contribution in [-0.4, -0.2) is 34.4 Å². The van der Waals surface area contributed by atoms with Crippen molar-refractivity contribution in [2.75, 3.05) is 6.54 Å². The number of nitrogens with zero attached hydrogens (tertiary/aromatic N) is 3. The first-order valence-electron chi connectivity index (χ1n) is 10.4. The van der Waals surface area contributed by atoms with Crippen LogP contribution < -0.4 is 0 Å². The van der Waals surface area contributed by atoms with Crippen LogP contribution in [0, 0.1) is 24.2 Å². The number of carbonyl (C=O) groups excluding carboxylic acids is 1. The molecule has 4 nitrogen and oxygen atoms in total. The van der Waals surface area contributed by atoms with Gasteiger partial charge in [0.05, 0.1) is 18.9 Å². The Morgan fingerprint density at radius 1 is 1.45 bits per heavy atom. The molecule has 1 aliphatic carbocycles. The Balaban J connectivity index is 0.000000303. The first-order chi connectivity index (χ1) is 14.4. The molecule has 0 N–H and O–H groups in total. The van der Waals surface area contributed by atoms with E-state index in [1.165, 1.54) is 32.1 Å². The number of hydrogen-bond donors (Lipinski definition) is 0. The molecule has 1 radical (unpaired) electrons. The molecule has 0 bridgehead atoms. The van der Waals surface area contributed by atoms with Crippen LogP contribution >= 0.6 is 0 Å². The molecule has 0 aromatic carbocycles. The molecule has 1 aliphatic heterocycles. The van der Waals surface area contributed by atoms with Gasteiger partial charge in [-0.15, -0.1) is 35.5 Å². The van der Waals surface area contributed by atoms with E-state index in [2.05, 4.69) is 37.2 Å². The summed E-state index contributed by atoms with van der Waals surface area (Å²) in [6.07, 6.45) is 18.1. The van der Waals surface area contributed by atoms with Gasteiger partial charge in [-0.2, -0.15) is 5.26 Å². The molecule has 2 fully saturated rings. The predicted molar refractivity (Wildman–Crippen MR) is 119 cm³/mol. The van der Waals surface area contributed by atoms with Crippen molar-refractivity contribution < 1.29 is 26.3 Å². The molecule has 1 aromatic heterocycles. The van der Waals surface area contributed by atoms with E-state index in [9.17, 15) is 9.18 Å². The van der Waals surface area contributed by atoms with Crippen molar-refractivity contribution in [3.05, 3.63) is 67.5 Å². The van der Waals surface area contributed by atoms with E-state index in [0.29, 0.717) is 17.2 Å². The van der Waals surface area contributed by atoms with Gasteiger partial charge >= 0.3 is 17.1 Å². The van der Waals surface area contributed by atoms with E-state index in [-0.39, 0.29) is 36.5 Å². The number of nitriles is 1. The Morgan fingerprint density at radius 3 is 2.71 bits per heavy atom. The van der Waals surface area contributed by atoms with Gasteiger partial charge in [0.1, 0.15) is 11.7 Å². The third-order valence-electron chi connectivity index (χ3n) is 5.61. The fourth-order valence-corrected chi connectivity index (χ4v) is 3.99. The second-order valence-electron chi connectivity index (χ2n) is 8.01. The molecule has 1 unspecified atom stereocenters. The Hall–Kier alpha value is -2.35. The second kappa shape index (κ2) is 13.1. The summed E-state index contributed by atoms with van der Waals surface area (Å²) < 4.78 is 14.0. The summed E-state index contributed by atoms with van der Waals surface area (Å²) in [6.45, 7) is 11.0. The third-order valence-corrected chi connectivity index (χ3v) is 5.61. The number of halogens is 1. The fourth-order valence-electron chi connectivity index (χ4n) is 3.99. The quantitative estimate of drug-likeness (QED) is 0.325. The minimum Gasteiger partial charge on any atom is -0.387 e. The second-order valence-corrected chi connectivity index (χ2v) is 8.01. The van der Waals surface area contributed by atoms with Crippen LogP contribution in [-0.2, 0) is 21.9 Å². The summed E-state index contributed by atoms with van der Waals surface area (Å²) >= 11 is 0. The van der Waals surface area contributed by atoms with Crippen LogP contribution in [0.4, 0.5) is 4.39 Å². The molecular weight excluding hydrogens is 432 g/mol. The topological polar surface area (TPSA) is 57.0 Å². The summed E-state index contributed by atoms with van der Waals surface area (Å²) in [5, 5.41) is 8.83. The summed E-state index contributed by atoms with van der Waals surface area (Å²) in [4.78, 5) is 16.3. The minimum atomic E-state index is -1.34. The third kappa shape index (κ3) is 8.01. The molecule has 0 amide bonds. The first kappa shape index (κ1) is 26.7. The van der Waals surface area contributed by atoms with Crippen LogP contribution in [0.1, 0.15) is 56.1 Å². The fraction of sp³-hybridized carbons (Fsp3) is 0.440. The molecule has 2 heterocycles. The van der Waals surface area contributed by atoms with Crippen molar-refractivity contribution in [2.24, 2.45) is 5.92 Å². The molecule has 0 spiro atoms. The van der Waals surface area contributed by atoms with Crippen molar-refractivity contribution in [3.8, 4) is 6.07 Å². The summed E-state index contributed by atoms with van der Waals surface area (Å²) in [5.41, 5.74) is 0.633. The zero-order chi connectivity index (χ0) is 22.0. The number of allylic oxidation sites excluding steroid dienone is 3. The van der Waals surface area contributed by atoms with E-state index in [1.54, 1.807) is 29.4 Å². The molecular formula is C25H30FMnN3O. The van der Waals surface area contributed by atoms with E-state index in [1.807, 2.05) is 12.4 Å². The minimum absolute atomic E-state index is 0. The molecule has 31 heavy (non-hydrogen) atoms. The van der Waals surface area contributed by atoms with Gasteiger partial charge in [-0.1, -0.05) is 31.4 Å². The van der Waals surface area contributed by atoms with E-state index in [0.717, 1.165) is 5.56 Å².